The van der Waals surface area contributed by atoms with Crippen LogP contribution in [-0.2, 0) is 27.1 Å². The molecule has 75 heavy (non-hydrogen) atoms. The number of rotatable bonds is 6. The molecule has 0 fully saturated rings. The number of hydrogen-bond acceptors (Lipinski definition) is 4. The van der Waals surface area contributed by atoms with Crippen LogP contribution in [0.2, 0.25) is 0 Å². The van der Waals surface area contributed by atoms with Gasteiger partial charge in [-0.2, -0.15) is 0 Å². The van der Waals surface area contributed by atoms with Crippen molar-refractivity contribution in [3.63, 3.8) is 0 Å². The van der Waals surface area contributed by atoms with Gasteiger partial charge in [-0.05, 0) is 174 Å². The van der Waals surface area contributed by atoms with Gasteiger partial charge in [0.15, 0.2) is 0 Å². The van der Waals surface area contributed by atoms with Crippen molar-refractivity contribution in [2.24, 2.45) is 0 Å². The van der Waals surface area contributed by atoms with Crippen LogP contribution in [-0.4, -0.2) is 6.71 Å². The maximum Gasteiger partial charge on any atom is 0.254 e. The summed E-state index contributed by atoms with van der Waals surface area (Å²) in [5.74, 6) is 0. The first-order valence-corrected chi connectivity index (χ1v) is 28.1. The lowest BCUT2D eigenvalue weighted by Crippen LogP contribution is -2.61. The second-order valence-corrected chi connectivity index (χ2v) is 27.2. The van der Waals surface area contributed by atoms with Crippen molar-refractivity contribution in [3.8, 4) is 11.1 Å². The summed E-state index contributed by atoms with van der Waals surface area (Å²) in [6.45, 7) is 30.6. The average Bonchev–Trinajstić information content (AvgIpc) is 3.81. The Kier molecular flexibility index (Phi) is 11.4. The predicted molar refractivity (Wildman–Crippen MR) is 327 cm³/mol. The Bertz CT molecular complexity index is 3660. The minimum atomic E-state index is -0.0178. The first kappa shape index (κ1) is 49.1. The van der Waals surface area contributed by atoms with E-state index in [1.54, 1.807) is 0 Å². The Morgan fingerprint density at radius 1 is 0.467 bits per heavy atom. The van der Waals surface area contributed by atoms with Crippen molar-refractivity contribution >= 4 is 95.0 Å². The summed E-state index contributed by atoms with van der Waals surface area (Å²) in [5.41, 5.74) is 23.1. The number of hydrogen-bond donors (Lipinski definition) is 0. The van der Waals surface area contributed by atoms with E-state index in [0.717, 1.165) is 22.7 Å². The van der Waals surface area contributed by atoms with Gasteiger partial charge in [-0.25, -0.2) is 0 Å². The lowest BCUT2D eigenvalue weighted by Gasteiger charge is -2.44. The molecular weight excluding hydrogens is 926 g/mol. The van der Waals surface area contributed by atoms with Gasteiger partial charge in [0, 0.05) is 50.1 Å². The van der Waals surface area contributed by atoms with Crippen molar-refractivity contribution in [3.05, 3.63) is 204 Å². The van der Waals surface area contributed by atoms with Crippen LogP contribution in [0, 0.1) is 0 Å². The van der Waals surface area contributed by atoms with E-state index in [0.29, 0.717) is 0 Å². The highest BCUT2D eigenvalue weighted by atomic mass is 32.1. The van der Waals surface area contributed by atoms with Gasteiger partial charge in [0.05, 0.1) is 10.7 Å². The normalized spacial score (nSPS) is 15.6. The van der Waals surface area contributed by atoms with Crippen LogP contribution in [0.1, 0.15) is 131 Å². The van der Waals surface area contributed by atoms with Crippen LogP contribution in [0.25, 0.3) is 21.2 Å². The molecular formula is C70H72BN3S. The smallest absolute Gasteiger partial charge is 0.254 e. The monoisotopic (exact) mass is 998 g/mol. The minimum absolute atomic E-state index is 0.0154. The summed E-state index contributed by atoms with van der Waals surface area (Å²) in [6, 6.07) is 67.6. The van der Waals surface area contributed by atoms with Crippen LogP contribution in [0.5, 0.6) is 0 Å². The van der Waals surface area contributed by atoms with E-state index >= 15 is 0 Å². The fraction of sp³-hybridized carbons (Fsp3) is 0.286. The molecule has 8 aromatic carbocycles. The molecule has 1 aromatic heterocycles. The van der Waals surface area contributed by atoms with Crippen molar-refractivity contribution in [1.82, 2.24) is 0 Å². The van der Waals surface area contributed by atoms with Crippen molar-refractivity contribution in [2.75, 3.05) is 14.7 Å². The van der Waals surface area contributed by atoms with E-state index in [4.69, 9.17) is 0 Å². The summed E-state index contributed by atoms with van der Waals surface area (Å²) in [4.78, 5) is 7.67. The van der Waals surface area contributed by atoms with Crippen LogP contribution >= 0.6 is 11.3 Å². The van der Waals surface area contributed by atoms with Gasteiger partial charge in [0.25, 0.3) is 6.71 Å². The van der Waals surface area contributed by atoms with Gasteiger partial charge >= 0.3 is 0 Å². The standard InChI is InChI=1S/C70H72BN3S/c1-66(2,3)46-28-26-45(27-29-46)53-22-17-18-23-58(53)72(49-20-15-14-16-21-49)52-38-39-57-61(42-52)73(50-34-30-47(31-35-50)67(4,5)6)59-24-19-25-60-64(59)71(57)63-54-43-55-56(70(12,13)41-40-69(55,10)11)44-62(54)75-65(63)74(60)51-36-32-48(33-37-51)68(7,8)9/h14-39,42-44H,40-41H2,1-13H3. The molecule has 0 unspecified atom stereocenters. The third kappa shape index (κ3) is 8.24. The quantitative estimate of drug-likeness (QED) is 0.154. The van der Waals surface area contributed by atoms with Gasteiger partial charge in [0.1, 0.15) is 0 Å². The minimum Gasteiger partial charge on any atom is -0.311 e. The SMILES string of the molecule is CC(C)(C)c1ccc(-c2ccccc2N(c2ccccc2)c2ccc3c(c2)N(c2ccc(C(C)(C)C)cc2)c2cccc4c2B3c2c(sc3cc5c(cc23)C(C)(C)CCC5(C)C)N4c2ccc(C(C)(C)C)cc2)cc1. The van der Waals surface area contributed by atoms with E-state index in [9.17, 15) is 0 Å². The summed E-state index contributed by atoms with van der Waals surface area (Å²) in [5, 5.41) is 2.70. The first-order chi connectivity index (χ1) is 35.6. The zero-order valence-electron chi connectivity index (χ0n) is 46.5. The predicted octanol–water partition coefficient (Wildman–Crippen LogP) is 18.4. The number of benzene rings is 8. The van der Waals surface area contributed by atoms with Gasteiger partial charge in [-0.15, -0.1) is 11.3 Å². The Morgan fingerprint density at radius 2 is 0.987 bits per heavy atom. The van der Waals surface area contributed by atoms with Crippen molar-refractivity contribution in [1.29, 1.82) is 0 Å². The Hall–Kier alpha value is -6.82. The number of nitrogens with zero attached hydrogens (tertiary/aromatic N) is 3. The zero-order valence-corrected chi connectivity index (χ0v) is 47.3. The van der Waals surface area contributed by atoms with E-state index in [1.165, 1.54) is 106 Å². The number of thiophene rings is 1. The lowest BCUT2D eigenvalue weighted by atomic mass is 9.33. The highest BCUT2D eigenvalue weighted by Crippen LogP contribution is 2.53. The summed E-state index contributed by atoms with van der Waals surface area (Å²) in [6.07, 6.45) is 2.36. The summed E-state index contributed by atoms with van der Waals surface area (Å²) >= 11 is 1.98. The molecule has 5 heteroatoms. The second kappa shape index (κ2) is 17.4. The third-order valence-corrected chi connectivity index (χ3v) is 18.2. The van der Waals surface area contributed by atoms with Crippen molar-refractivity contribution < 1.29 is 0 Å². The Morgan fingerprint density at radius 3 is 1.57 bits per heavy atom. The molecule has 12 rings (SSSR count). The first-order valence-electron chi connectivity index (χ1n) is 27.3. The highest BCUT2D eigenvalue weighted by Gasteiger charge is 2.47. The molecule has 0 atom stereocenters. The molecule has 0 saturated heterocycles. The molecule has 3 heterocycles. The van der Waals surface area contributed by atoms with Gasteiger partial charge in [-0.3, -0.25) is 0 Å². The van der Waals surface area contributed by atoms with Crippen LogP contribution < -0.4 is 31.1 Å². The fourth-order valence-electron chi connectivity index (χ4n) is 12.5. The van der Waals surface area contributed by atoms with Crippen LogP contribution in [0.4, 0.5) is 50.5 Å². The summed E-state index contributed by atoms with van der Waals surface area (Å²) < 4.78 is 1.37. The number of fused-ring (bicyclic) bond motifs is 7. The molecule has 0 saturated carbocycles. The van der Waals surface area contributed by atoms with E-state index in [1.807, 2.05) is 11.3 Å². The largest absolute Gasteiger partial charge is 0.311 e. The molecule has 0 N–H and O–H groups in total. The fourth-order valence-corrected chi connectivity index (χ4v) is 13.8. The molecule has 0 radical (unpaired) electrons. The van der Waals surface area contributed by atoms with Gasteiger partial charge in [0.2, 0.25) is 0 Å². The highest BCUT2D eigenvalue weighted by molar-refractivity contribution is 7.26. The van der Waals surface area contributed by atoms with Gasteiger partial charge in [-0.1, -0.05) is 187 Å². The number of para-hydroxylation sites is 2. The molecule has 0 spiro atoms. The Balaban J connectivity index is 1.14. The molecule has 2 aliphatic heterocycles. The lowest BCUT2D eigenvalue weighted by molar-refractivity contribution is 0.332. The zero-order chi connectivity index (χ0) is 52.6. The van der Waals surface area contributed by atoms with Gasteiger partial charge < -0.3 is 14.7 Å². The maximum absolute atomic E-state index is 2.64. The molecule has 9 aromatic rings. The molecule has 1 aliphatic carbocycles. The topological polar surface area (TPSA) is 9.72 Å². The maximum atomic E-state index is 2.64. The molecule has 0 amide bonds. The van der Waals surface area contributed by atoms with Crippen LogP contribution in [0.3, 0.4) is 0 Å². The summed E-state index contributed by atoms with van der Waals surface area (Å²) in [7, 11) is 0. The molecule has 376 valence electrons. The van der Waals surface area contributed by atoms with Crippen molar-refractivity contribution in [2.45, 2.75) is 130 Å². The molecule has 0 bridgehead atoms. The molecule has 3 aliphatic rings. The average molecular weight is 998 g/mol. The third-order valence-electron chi connectivity index (χ3n) is 17.0. The van der Waals surface area contributed by atoms with E-state index in [2.05, 4.69) is 281 Å². The van der Waals surface area contributed by atoms with E-state index in [-0.39, 0.29) is 33.8 Å². The second-order valence-electron chi connectivity index (χ2n) is 26.1. The van der Waals surface area contributed by atoms with E-state index < -0.39 is 0 Å². The Labute approximate surface area is 452 Å². The number of anilines is 9. The van der Waals surface area contributed by atoms with Crippen LogP contribution in [0.15, 0.2) is 176 Å². The molecule has 3 nitrogen and oxygen atoms in total.